The van der Waals surface area contributed by atoms with Gasteiger partial charge in [-0.15, -0.1) is 0 Å². The number of fused-ring (bicyclic) bond motifs is 3. The molecule has 0 aliphatic heterocycles. The Kier molecular flexibility index (Phi) is 2.83. The van der Waals surface area contributed by atoms with Gasteiger partial charge in [0.25, 0.3) is 0 Å². The molecule has 0 aromatic heterocycles. The number of rotatable bonds is 2. The summed E-state index contributed by atoms with van der Waals surface area (Å²) < 4.78 is 13.9. The van der Waals surface area contributed by atoms with E-state index in [1.807, 2.05) is 6.07 Å². The van der Waals surface area contributed by atoms with Crippen LogP contribution in [0.5, 0.6) is 0 Å². The van der Waals surface area contributed by atoms with Crippen LogP contribution in [0.2, 0.25) is 0 Å². The molecule has 0 radical (unpaired) electrons. The van der Waals surface area contributed by atoms with Crippen LogP contribution in [-0.4, -0.2) is 6.04 Å². The van der Waals surface area contributed by atoms with Gasteiger partial charge in [-0.3, -0.25) is 0 Å². The summed E-state index contributed by atoms with van der Waals surface area (Å²) in [5.41, 5.74) is 2.99. The highest BCUT2D eigenvalue weighted by molar-refractivity contribution is 5.36. The summed E-state index contributed by atoms with van der Waals surface area (Å²) in [6, 6.07) is 6.52. The highest BCUT2D eigenvalue weighted by atomic mass is 19.1. The van der Waals surface area contributed by atoms with Gasteiger partial charge >= 0.3 is 0 Å². The highest BCUT2D eigenvalue weighted by Crippen LogP contribution is 2.65. The summed E-state index contributed by atoms with van der Waals surface area (Å²) in [5.74, 6) is 0.838. The van der Waals surface area contributed by atoms with Gasteiger partial charge in [0, 0.05) is 12.1 Å². The Bertz CT molecular complexity index is 579. The van der Waals surface area contributed by atoms with Crippen LogP contribution in [0.4, 0.5) is 4.39 Å². The molecule has 0 spiro atoms. The maximum Gasteiger partial charge on any atom is 0.126 e. The van der Waals surface area contributed by atoms with Crippen LogP contribution in [0.3, 0.4) is 0 Å². The summed E-state index contributed by atoms with van der Waals surface area (Å²) in [7, 11) is 0. The van der Waals surface area contributed by atoms with Crippen LogP contribution in [0.1, 0.15) is 63.6 Å². The summed E-state index contributed by atoms with van der Waals surface area (Å²) in [4.78, 5) is 0. The molecule has 2 heteroatoms. The van der Waals surface area contributed by atoms with Gasteiger partial charge < -0.3 is 5.32 Å². The van der Waals surface area contributed by atoms with Crippen molar-refractivity contribution < 1.29 is 4.39 Å². The smallest absolute Gasteiger partial charge is 0.126 e. The van der Waals surface area contributed by atoms with E-state index >= 15 is 0 Å². The van der Waals surface area contributed by atoms with Gasteiger partial charge in [-0.05, 0) is 66.0 Å². The second-order valence-corrected chi connectivity index (χ2v) is 8.23. The molecule has 21 heavy (non-hydrogen) atoms. The average Bonchev–Trinajstić information content (AvgIpc) is 3.00. The zero-order chi connectivity index (χ0) is 14.8. The number of hydrogen-bond donors (Lipinski definition) is 1. The minimum atomic E-state index is -0.0173. The van der Waals surface area contributed by atoms with Gasteiger partial charge in [0.05, 0.1) is 0 Å². The summed E-state index contributed by atoms with van der Waals surface area (Å²) in [5, 5.41) is 3.92. The van der Waals surface area contributed by atoms with E-state index in [9.17, 15) is 4.39 Å². The molecule has 4 atom stereocenters. The fourth-order valence-corrected chi connectivity index (χ4v) is 5.48. The van der Waals surface area contributed by atoms with Crippen molar-refractivity contribution in [2.45, 2.75) is 65.0 Å². The van der Waals surface area contributed by atoms with Crippen LogP contribution >= 0.6 is 0 Å². The molecule has 1 aromatic rings. The Balaban J connectivity index is 1.59. The zero-order valence-electron chi connectivity index (χ0n) is 13.4. The van der Waals surface area contributed by atoms with Crippen LogP contribution in [-0.2, 0) is 6.42 Å². The van der Waals surface area contributed by atoms with E-state index in [1.54, 1.807) is 6.07 Å². The third kappa shape index (κ3) is 1.72. The number of benzene rings is 1. The number of nitrogens with one attached hydrogen (secondary N) is 1. The first-order valence-corrected chi connectivity index (χ1v) is 8.47. The minimum absolute atomic E-state index is 0.0173. The molecule has 1 nitrogen and oxygen atoms in total. The molecule has 114 valence electrons. The molecule has 3 aliphatic carbocycles. The Labute approximate surface area is 127 Å². The monoisotopic (exact) mass is 287 g/mol. The molecule has 2 saturated carbocycles. The van der Waals surface area contributed by atoms with E-state index in [-0.39, 0.29) is 5.82 Å². The molecule has 0 amide bonds. The summed E-state index contributed by atoms with van der Waals surface area (Å²) >= 11 is 0. The molecular weight excluding hydrogens is 261 g/mol. The third-order valence-corrected chi connectivity index (χ3v) is 7.41. The molecular formula is C19H26FN. The average molecular weight is 287 g/mol. The largest absolute Gasteiger partial charge is 0.307 e. The van der Waals surface area contributed by atoms with Crippen LogP contribution in [0.25, 0.3) is 0 Å². The first kappa shape index (κ1) is 13.8. The van der Waals surface area contributed by atoms with E-state index in [1.165, 1.54) is 24.8 Å². The van der Waals surface area contributed by atoms with Crippen LogP contribution in [0.15, 0.2) is 18.2 Å². The van der Waals surface area contributed by atoms with Gasteiger partial charge in [-0.2, -0.15) is 0 Å². The van der Waals surface area contributed by atoms with Crippen molar-refractivity contribution in [3.63, 3.8) is 0 Å². The molecule has 1 N–H and O–H groups in total. The maximum atomic E-state index is 13.9. The molecule has 0 saturated heterocycles. The predicted molar refractivity (Wildman–Crippen MR) is 83.6 cm³/mol. The van der Waals surface area contributed by atoms with Crippen molar-refractivity contribution in [3.8, 4) is 0 Å². The molecule has 4 unspecified atom stereocenters. The lowest BCUT2D eigenvalue weighted by Gasteiger charge is -2.41. The van der Waals surface area contributed by atoms with Gasteiger partial charge in [0.15, 0.2) is 0 Å². The molecule has 1 aromatic carbocycles. The van der Waals surface area contributed by atoms with Gasteiger partial charge in [0.1, 0.15) is 5.82 Å². The van der Waals surface area contributed by atoms with E-state index in [0.29, 0.717) is 22.9 Å². The quantitative estimate of drug-likeness (QED) is 0.837. The molecule has 2 bridgehead atoms. The van der Waals surface area contributed by atoms with E-state index in [4.69, 9.17) is 0 Å². The Morgan fingerprint density at radius 1 is 1.19 bits per heavy atom. The first-order valence-electron chi connectivity index (χ1n) is 8.47. The molecule has 2 fully saturated rings. The number of hydrogen-bond acceptors (Lipinski definition) is 1. The van der Waals surface area contributed by atoms with Gasteiger partial charge in [0.2, 0.25) is 0 Å². The Hall–Kier alpha value is -0.890. The fourth-order valence-electron chi connectivity index (χ4n) is 5.48. The fraction of sp³-hybridized carbons (Fsp3) is 0.684. The normalized spacial score (nSPS) is 39.7. The van der Waals surface area contributed by atoms with Crippen molar-refractivity contribution in [1.29, 1.82) is 0 Å². The number of halogens is 1. The second kappa shape index (κ2) is 4.32. The summed E-state index contributed by atoms with van der Waals surface area (Å²) in [6.45, 7) is 7.38. The summed E-state index contributed by atoms with van der Waals surface area (Å²) in [6.07, 6.45) is 5.96. The lowest BCUT2D eigenvalue weighted by molar-refractivity contribution is 0.115. The molecule has 4 rings (SSSR count). The van der Waals surface area contributed by atoms with Crippen molar-refractivity contribution in [2.24, 2.45) is 16.7 Å². The van der Waals surface area contributed by atoms with Crippen molar-refractivity contribution in [3.05, 3.63) is 35.1 Å². The molecule has 0 heterocycles. The lowest BCUT2D eigenvalue weighted by atomic mass is 9.69. The van der Waals surface area contributed by atoms with Gasteiger partial charge in [-0.1, -0.05) is 32.9 Å². The SMILES string of the molecule is CC1(C)C2CCC1(C)C(NC1CCc3c(F)cccc31)C2. The van der Waals surface area contributed by atoms with E-state index in [2.05, 4.69) is 32.2 Å². The van der Waals surface area contributed by atoms with E-state index < -0.39 is 0 Å². The second-order valence-electron chi connectivity index (χ2n) is 8.23. The van der Waals surface area contributed by atoms with Crippen molar-refractivity contribution >= 4 is 0 Å². The first-order chi connectivity index (χ1) is 9.93. The topological polar surface area (TPSA) is 12.0 Å². The third-order valence-electron chi connectivity index (χ3n) is 7.41. The van der Waals surface area contributed by atoms with Gasteiger partial charge in [-0.25, -0.2) is 4.39 Å². The van der Waals surface area contributed by atoms with Crippen LogP contribution in [0, 0.1) is 22.6 Å². The molecule has 3 aliphatic rings. The zero-order valence-corrected chi connectivity index (χ0v) is 13.4. The van der Waals surface area contributed by atoms with E-state index in [0.717, 1.165) is 24.3 Å². The lowest BCUT2D eigenvalue weighted by Crippen LogP contribution is -2.45. The minimum Gasteiger partial charge on any atom is -0.307 e. The Morgan fingerprint density at radius 2 is 2.00 bits per heavy atom. The van der Waals surface area contributed by atoms with Crippen molar-refractivity contribution in [1.82, 2.24) is 5.32 Å². The predicted octanol–water partition coefficient (Wildman–Crippen LogP) is 4.62. The van der Waals surface area contributed by atoms with Crippen LogP contribution < -0.4 is 5.32 Å². The standard InChI is InChI=1S/C19H26FN/c1-18(2)12-9-10-19(18,3)17(11-12)21-16-8-7-13-14(16)5-4-6-15(13)20/h4-6,12,16-17,21H,7-11H2,1-3H3. The highest BCUT2D eigenvalue weighted by Gasteiger charge is 2.61. The van der Waals surface area contributed by atoms with Crippen molar-refractivity contribution in [2.75, 3.05) is 0 Å². The maximum absolute atomic E-state index is 13.9. The Morgan fingerprint density at radius 3 is 2.67 bits per heavy atom.